The number of hydrogen-bond donors (Lipinski definition) is 2. The number of aliphatic hydroxyl groups is 1. The molecule has 2 N–H and O–H groups in total. The molecule has 0 radical (unpaired) electrons. The lowest BCUT2D eigenvalue weighted by Crippen LogP contribution is -2.42. The third-order valence-corrected chi connectivity index (χ3v) is 4.17. The summed E-state index contributed by atoms with van der Waals surface area (Å²) in [6, 6.07) is 6.62. The number of benzene rings is 1. The number of nitrogens with one attached hydrogen (secondary N) is 1. The second-order valence-electron chi connectivity index (χ2n) is 6.18. The van der Waals surface area contributed by atoms with Gasteiger partial charge in [-0.3, -0.25) is 0 Å². The van der Waals surface area contributed by atoms with Gasteiger partial charge in [0.25, 0.3) is 0 Å². The molecule has 3 nitrogen and oxygen atoms in total. The van der Waals surface area contributed by atoms with Crippen molar-refractivity contribution in [1.29, 1.82) is 0 Å². The van der Waals surface area contributed by atoms with E-state index in [-0.39, 0.29) is 0 Å². The average Bonchev–Trinajstić information content (AvgIpc) is 2.30. The lowest BCUT2D eigenvalue weighted by atomic mass is 9.80. The molecule has 0 bridgehead atoms. The van der Waals surface area contributed by atoms with E-state index in [0.717, 1.165) is 11.7 Å². The molecule has 1 saturated carbocycles. The van der Waals surface area contributed by atoms with Crippen molar-refractivity contribution in [2.45, 2.75) is 52.2 Å². The first-order chi connectivity index (χ1) is 9.54. The molecule has 3 heteroatoms. The molecular formula is C17H27NO2. The number of aryl methyl sites for hydroxylation is 2. The van der Waals surface area contributed by atoms with Crippen LogP contribution in [0.1, 0.15) is 37.3 Å². The van der Waals surface area contributed by atoms with Gasteiger partial charge in [0.1, 0.15) is 18.5 Å². The van der Waals surface area contributed by atoms with Gasteiger partial charge in [0, 0.05) is 12.6 Å². The van der Waals surface area contributed by atoms with Crippen LogP contribution in [0.4, 0.5) is 0 Å². The molecule has 1 fully saturated rings. The normalized spacial score (nSPS) is 18.4. The Morgan fingerprint density at radius 2 is 1.90 bits per heavy atom. The Hall–Kier alpha value is -1.06. The largest absolute Gasteiger partial charge is 0.491 e. The highest BCUT2D eigenvalue weighted by atomic mass is 16.5. The van der Waals surface area contributed by atoms with E-state index < -0.39 is 6.10 Å². The first-order valence-corrected chi connectivity index (χ1v) is 7.67. The Morgan fingerprint density at radius 1 is 1.25 bits per heavy atom. The van der Waals surface area contributed by atoms with Crippen molar-refractivity contribution in [3.63, 3.8) is 0 Å². The summed E-state index contributed by atoms with van der Waals surface area (Å²) >= 11 is 0. The van der Waals surface area contributed by atoms with Crippen molar-refractivity contribution >= 4 is 0 Å². The molecular weight excluding hydrogens is 250 g/mol. The Bertz CT molecular complexity index is 409. The maximum atomic E-state index is 9.98. The summed E-state index contributed by atoms with van der Waals surface area (Å²) < 4.78 is 5.67. The maximum absolute atomic E-state index is 9.98. The molecule has 112 valence electrons. The van der Waals surface area contributed by atoms with Crippen LogP contribution in [0.3, 0.4) is 0 Å². The van der Waals surface area contributed by atoms with Gasteiger partial charge >= 0.3 is 0 Å². The van der Waals surface area contributed by atoms with Crippen molar-refractivity contribution in [3.05, 3.63) is 29.3 Å². The third kappa shape index (κ3) is 4.50. The monoisotopic (exact) mass is 277 g/mol. The van der Waals surface area contributed by atoms with E-state index in [0.29, 0.717) is 19.2 Å². The zero-order valence-electron chi connectivity index (χ0n) is 12.9. The zero-order valence-corrected chi connectivity index (χ0v) is 12.9. The molecule has 0 spiro atoms. The molecule has 1 aromatic carbocycles. The summed E-state index contributed by atoms with van der Waals surface area (Å²) in [4.78, 5) is 0. The molecule has 0 saturated heterocycles. The minimum absolute atomic E-state index is 0.341. The summed E-state index contributed by atoms with van der Waals surface area (Å²) in [5, 5.41) is 13.4. The van der Waals surface area contributed by atoms with Crippen LogP contribution in [0.25, 0.3) is 0 Å². The van der Waals surface area contributed by atoms with Crippen LogP contribution in [0.15, 0.2) is 18.2 Å². The van der Waals surface area contributed by atoms with E-state index in [1.807, 2.05) is 12.1 Å². The third-order valence-electron chi connectivity index (χ3n) is 4.17. The lowest BCUT2D eigenvalue weighted by Gasteiger charge is -2.32. The van der Waals surface area contributed by atoms with Crippen LogP contribution < -0.4 is 10.1 Å². The summed E-state index contributed by atoms with van der Waals surface area (Å²) in [6.45, 7) is 7.26. The minimum atomic E-state index is -0.460. The van der Waals surface area contributed by atoms with Gasteiger partial charge in [-0.2, -0.15) is 0 Å². The summed E-state index contributed by atoms with van der Waals surface area (Å²) in [5.41, 5.74) is 2.37. The summed E-state index contributed by atoms with van der Waals surface area (Å²) in [6.07, 6.45) is 3.54. The van der Waals surface area contributed by atoms with E-state index in [1.54, 1.807) is 0 Å². The van der Waals surface area contributed by atoms with Gasteiger partial charge in [0.15, 0.2) is 0 Å². The molecule has 0 heterocycles. The van der Waals surface area contributed by atoms with Crippen LogP contribution in [0.2, 0.25) is 0 Å². The van der Waals surface area contributed by atoms with E-state index in [1.165, 1.54) is 30.4 Å². The number of ether oxygens (including phenoxy) is 1. The fraction of sp³-hybridized carbons (Fsp3) is 0.647. The first kappa shape index (κ1) is 15.3. The number of hydrogen-bond acceptors (Lipinski definition) is 3. The summed E-state index contributed by atoms with van der Waals surface area (Å²) in [5.74, 6) is 1.64. The molecule has 0 aromatic heterocycles. The van der Waals surface area contributed by atoms with Gasteiger partial charge in [0.2, 0.25) is 0 Å². The fourth-order valence-electron chi connectivity index (χ4n) is 2.70. The van der Waals surface area contributed by atoms with E-state index in [2.05, 4.69) is 32.2 Å². The van der Waals surface area contributed by atoms with Gasteiger partial charge in [-0.15, -0.1) is 0 Å². The Labute approximate surface area is 122 Å². The molecule has 0 amide bonds. The van der Waals surface area contributed by atoms with Crippen molar-refractivity contribution < 1.29 is 9.84 Å². The molecule has 2 atom stereocenters. The summed E-state index contributed by atoms with van der Waals surface area (Å²) in [7, 11) is 0. The highest BCUT2D eigenvalue weighted by Gasteiger charge is 2.23. The van der Waals surface area contributed by atoms with Crippen molar-refractivity contribution in [3.8, 4) is 5.75 Å². The quantitative estimate of drug-likeness (QED) is 0.805. The predicted molar refractivity (Wildman–Crippen MR) is 82.2 cm³/mol. The fourth-order valence-corrected chi connectivity index (χ4v) is 2.70. The SMILES string of the molecule is Cc1cc(C)cc(OCC(O)CNC(C)C2CCC2)c1. The van der Waals surface area contributed by atoms with Crippen LogP contribution >= 0.6 is 0 Å². The van der Waals surface area contributed by atoms with E-state index in [4.69, 9.17) is 4.74 Å². The highest BCUT2D eigenvalue weighted by Crippen LogP contribution is 2.29. The van der Waals surface area contributed by atoms with Gasteiger partial charge in [0.05, 0.1) is 0 Å². The Morgan fingerprint density at radius 3 is 2.45 bits per heavy atom. The predicted octanol–water partition coefficient (Wildman–Crippen LogP) is 2.82. The van der Waals surface area contributed by atoms with Crippen LogP contribution in [0.5, 0.6) is 5.75 Å². The molecule has 2 rings (SSSR count). The van der Waals surface area contributed by atoms with Crippen LogP contribution in [-0.2, 0) is 0 Å². The van der Waals surface area contributed by atoms with E-state index in [9.17, 15) is 5.11 Å². The zero-order chi connectivity index (χ0) is 14.5. The molecule has 1 aliphatic carbocycles. The average molecular weight is 277 g/mol. The van der Waals surface area contributed by atoms with Crippen molar-refractivity contribution in [2.75, 3.05) is 13.2 Å². The van der Waals surface area contributed by atoms with Gasteiger partial charge in [-0.25, -0.2) is 0 Å². The number of aliphatic hydroxyl groups excluding tert-OH is 1. The Balaban J connectivity index is 1.70. The van der Waals surface area contributed by atoms with Gasteiger partial charge in [-0.1, -0.05) is 12.5 Å². The maximum Gasteiger partial charge on any atom is 0.119 e. The van der Waals surface area contributed by atoms with Gasteiger partial charge in [-0.05, 0) is 62.8 Å². The molecule has 2 unspecified atom stereocenters. The van der Waals surface area contributed by atoms with Crippen molar-refractivity contribution in [2.24, 2.45) is 5.92 Å². The smallest absolute Gasteiger partial charge is 0.119 e. The molecule has 1 aromatic rings. The second kappa shape index (κ2) is 7.09. The van der Waals surface area contributed by atoms with Crippen LogP contribution in [-0.4, -0.2) is 30.4 Å². The second-order valence-corrected chi connectivity index (χ2v) is 6.18. The Kier molecular flexibility index (Phi) is 5.44. The van der Waals surface area contributed by atoms with E-state index >= 15 is 0 Å². The molecule has 20 heavy (non-hydrogen) atoms. The molecule has 0 aliphatic heterocycles. The topological polar surface area (TPSA) is 41.5 Å². The van der Waals surface area contributed by atoms with Crippen LogP contribution in [0, 0.1) is 19.8 Å². The lowest BCUT2D eigenvalue weighted by molar-refractivity contribution is 0.0981. The minimum Gasteiger partial charge on any atom is -0.491 e. The highest BCUT2D eigenvalue weighted by molar-refractivity contribution is 5.32. The standard InChI is InChI=1S/C17H27NO2/c1-12-7-13(2)9-17(8-12)20-11-16(19)10-18-14(3)15-5-4-6-15/h7-9,14-16,18-19H,4-6,10-11H2,1-3H3. The van der Waals surface area contributed by atoms with Crippen molar-refractivity contribution in [1.82, 2.24) is 5.32 Å². The molecule has 1 aliphatic rings. The van der Waals surface area contributed by atoms with Gasteiger partial charge < -0.3 is 15.2 Å². The number of rotatable bonds is 7. The first-order valence-electron chi connectivity index (χ1n) is 7.67.